The van der Waals surface area contributed by atoms with E-state index in [0.29, 0.717) is 6.54 Å². The average molecular weight is 224 g/mol. The predicted molar refractivity (Wildman–Crippen MR) is 57.6 cm³/mol. The largest absolute Gasteiger partial charge is 0.354 e. The van der Waals surface area contributed by atoms with E-state index in [1.54, 1.807) is 16.0 Å². The molecule has 1 N–H and O–H groups in total. The Bertz CT molecular complexity index is 434. The number of hydrogen-bond acceptors (Lipinski definition) is 6. The predicted octanol–water partition coefficient (Wildman–Crippen LogP) is 0.841. The molecule has 2 aromatic heterocycles. The van der Waals surface area contributed by atoms with Gasteiger partial charge in [-0.25, -0.2) is 0 Å². The van der Waals surface area contributed by atoms with Gasteiger partial charge in [-0.05, 0) is 6.42 Å². The molecule has 0 aliphatic carbocycles. The van der Waals surface area contributed by atoms with Gasteiger partial charge in [0.05, 0.1) is 6.54 Å². The molecule has 0 aromatic carbocycles. The molecule has 0 atom stereocenters. The van der Waals surface area contributed by atoms with E-state index in [-0.39, 0.29) is 0 Å². The molecule has 2 rings (SSSR count). The minimum atomic E-state index is 0.631. The highest BCUT2D eigenvalue weighted by molar-refractivity contribution is 7.15. The topological polar surface area (TPSA) is 68.5 Å². The van der Waals surface area contributed by atoms with E-state index in [4.69, 9.17) is 0 Å². The zero-order chi connectivity index (χ0) is 10.7. The molecule has 0 aliphatic rings. The monoisotopic (exact) mass is 224 g/mol. The first-order chi connectivity index (χ1) is 7.28. The van der Waals surface area contributed by atoms with Crippen molar-refractivity contribution in [3.63, 3.8) is 0 Å². The summed E-state index contributed by atoms with van der Waals surface area (Å²) in [5.41, 5.74) is 0.894. The summed E-state index contributed by atoms with van der Waals surface area (Å²) in [5.74, 6) is 0. The maximum Gasteiger partial charge on any atom is 0.205 e. The van der Waals surface area contributed by atoms with Crippen molar-refractivity contribution < 1.29 is 0 Å². The van der Waals surface area contributed by atoms with Crippen LogP contribution in [0.25, 0.3) is 0 Å². The Morgan fingerprint density at radius 2 is 2.27 bits per heavy atom. The van der Waals surface area contributed by atoms with Crippen molar-refractivity contribution >= 4 is 16.5 Å². The molecule has 0 spiro atoms. The Morgan fingerprint density at radius 3 is 2.87 bits per heavy atom. The maximum atomic E-state index is 4.02. The summed E-state index contributed by atoms with van der Waals surface area (Å²) < 4.78 is 1.68. The molecule has 0 unspecified atom stereocenters. The molecule has 0 saturated heterocycles. The van der Waals surface area contributed by atoms with Gasteiger partial charge in [0.2, 0.25) is 5.13 Å². The molecule has 0 fully saturated rings. The third kappa shape index (κ3) is 2.50. The number of aromatic nitrogens is 5. The lowest BCUT2D eigenvalue weighted by atomic mass is 10.5. The van der Waals surface area contributed by atoms with Gasteiger partial charge in [0.1, 0.15) is 10.7 Å². The molecule has 0 saturated carbocycles. The molecule has 80 valence electrons. The summed E-state index contributed by atoms with van der Waals surface area (Å²) in [7, 11) is 1.84. The quantitative estimate of drug-likeness (QED) is 0.833. The minimum absolute atomic E-state index is 0.631. The molecule has 7 heteroatoms. The second-order valence-corrected chi connectivity index (χ2v) is 4.15. The Labute approximate surface area is 91.3 Å². The Balaban J connectivity index is 1.93. The van der Waals surface area contributed by atoms with E-state index in [0.717, 1.165) is 22.3 Å². The fraction of sp³-hybridized carbons (Fsp3) is 0.500. The summed E-state index contributed by atoms with van der Waals surface area (Å²) in [6.07, 6.45) is 2.79. The Morgan fingerprint density at radius 1 is 1.40 bits per heavy atom. The van der Waals surface area contributed by atoms with Gasteiger partial charge in [0.15, 0.2) is 0 Å². The minimum Gasteiger partial charge on any atom is -0.354 e. The average Bonchev–Trinajstić information content (AvgIpc) is 2.83. The molecule has 2 aromatic rings. The molecule has 2 heterocycles. The summed E-state index contributed by atoms with van der Waals surface area (Å²) in [5, 5.41) is 20.9. The van der Waals surface area contributed by atoms with E-state index in [9.17, 15) is 0 Å². The van der Waals surface area contributed by atoms with Gasteiger partial charge in [0.25, 0.3) is 0 Å². The highest BCUT2D eigenvalue weighted by Gasteiger charge is 2.03. The number of anilines is 1. The van der Waals surface area contributed by atoms with Crippen LogP contribution in [0.4, 0.5) is 5.13 Å². The highest BCUT2D eigenvalue weighted by atomic mass is 32.1. The summed E-state index contributed by atoms with van der Waals surface area (Å²) in [4.78, 5) is 0. The molecular weight excluding hydrogens is 212 g/mol. The van der Waals surface area contributed by atoms with E-state index < -0.39 is 0 Å². The smallest absolute Gasteiger partial charge is 0.205 e. The van der Waals surface area contributed by atoms with Crippen molar-refractivity contribution in [3.05, 3.63) is 16.9 Å². The van der Waals surface area contributed by atoms with Crippen molar-refractivity contribution in [1.82, 2.24) is 25.2 Å². The van der Waals surface area contributed by atoms with Crippen LogP contribution in [0.5, 0.6) is 0 Å². The molecule has 0 amide bonds. The maximum absolute atomic E-state index is 4.02. The van der Waals surface area contributed by atoms with Crippen molar-refractivity contribution in [2.75, 3.05) is 5.32 Å². The lowest BCUT2D eigenvalue weighted by Crippen LogP contribution is -1.99. The summed E-state index contributed by atoms with van der Waals surface area (Å²) in [6, 6.07) is 0. The van der Waals surface area contributed by atoms with Crippen LogP contribution in [-0.4, -0.2) is 25.2 Å². The lowest BCUT2D eigenvalue weighted by molar-refractivity contribution is 0.713. The van der Waals surface area contributed by atoms with Gasteiger partial charge in [-0.1, -0.05) is 23.5 Å². The van der Waals surface area contributed by atoms with Crippen molar-refractivity contribution in [3.8, 4) is 0 Å². The lowest BCUT2D eigenvalue weighted by Gasteiger charge is -1.95. The molecule has 0 bridgehead atoms. The number of nitrogens with one attached hydrogen (secondary N) is 1. The normalized spacial score (nSPS) is 10.5. The van der Waals surface area contributed by atoms with Gasteiger partial charge in [-0.2, -0.15) is 0 Å². The van der Waals surface area contributed by atoms with Crippen LogP contribution in [0.15, 0.2) is 6.20 Å². The standard InChI is InChI=1S/C8H12N6S/c1-3-7-11-12-8(15-7)9-4-6-5-14(2)13-10-6/h5H,3-4H2,1-2H3,(H,9,12). The van der Waals surface area contributed by atoms with Gasteiger partial charge in [0, 0.05) is 13.2 Å². The Kier molecular flexibility index (Phi) is 2.91. The number of aryl methyl sites for hydroxylation is 2. The highest BCUT2D eigenvalue weighted by Crippen LogP contribution is 2.15. The van der Waals surface area contributed by atoms with Crippen LogP contribution in [0.2, 0.25) is 0 Å². The Hall–Kier alpha value is -1.50. The van der Waals surface area contributed by atoms with Crippen LogP contribution >= 0.6 is 11.3 Å². The van der Waals surface area contributed by atoms with Gasteiger partial charge < -0.3 is 5.32 Å². The zero-order valence-electron chi connectivity index (χ0n) is 8.64. The van der Waals surface area contributed by atoms with Crippen molar-refractivity contribution in [2.24, 2.45) is 7.05 Å². The third-order valence-electron chi connectivity index (χ3n) is 1.84. The molecule has 0 aliphatic heterocycles. The molecule has 6 nitrogen and oxygen atoms in total. The summed E-state index contributed by atoms with van der Waals surface area (Å²) >= 11 is 1.57. The van der Waals surface area contributed by atoms with Gasteiger partial charge in [-0.15, -0.1) is 15.3 Å². The van der Waals surface area contributed by atoms with E-state index in [2.05, 4.69) is 32.7 Å². The van der Waals surface area contributed by atoms with E-state index >= 15 is 0 Å². The van der Waals surface area contributed by atoms with Gasteiger partial charge in [-0.3, -0.25) is 4.68 Å². The second-order valence-electron chi connectivity index (χ2n) is 3.09. The first-order valence-electron chi connectivity index (χ1n) is 4.69. The van der Waals surface area contributed by atoms with Crippen molar-refractivity contribution in [2.45, 2.75) is 19.9 Å². The third-order valence-corrected chi connectivity index (χ3v) is 2.87. The van der Waals surface area contributed by atoms with Crippen molar-refractivity contribution in [1.29, 1.82) is 0 Å². The first-order valence-corrected chi connectivity index (χ1v) is 5.51. The number of hydrogen-bond donors (Lipinski definition) is 1. The van der Waals surface area contributed by atoms with E-state index in [1.165, 1.54) is 0 Å². The number of nitrogens with zero attached hydrogens (tertiary/aromatic N) is 5. The SMILES string of the molecule is CCc1nnc(NCc2cn(C)nn2)s1. The molecular formula is C8H12N6S. The summed E-state index contributed by atoms with van der Waals surface area (Å²) in [6.45, 7) is 2.69. The first kappa shape index (κ1) is 10.0. The van der Waals surface area contributed by atoms with Crippen LogP contribution in [0, 0.1) is 0 Å². The van der Waals surface area contributed by atoms with Crippen LogP contribution in [0.3, 0.4) is 0 Å². The molecule has 0 radical (unpaired) electrons. The number of rotatable bonds is 4. The fourth-order valence-electron chi connectivity index (χ4n) is 1.11. The van der Waals surface area contributed by atoms with Crippen LogP contribution in [-0.2, 0) is 20.0 Å². The fourth-order valence-corrected chi connectivity index (χ4v) is 1.79. The van der Waals surface area contributed by atoms with Crippen LogP contribution < -0.4 is 5.32 Å². The van der Waals surface area contributed by atoms with Crippen LogP contribution in [0.1, 0.15) is 17.6 Å². The van der Waals surface area contributed by atoms with E-state index in [1.807, 2.05) is 13.2 Å². The second kappa shape index (κ2) is 4.35. The van der Waals surface area contributed by atoms with Gasteiger partial charge >= 0.3 is 0 Å². The molecule has 15 heavy (non-hydrogen) atoms. The zero-order valence-corrected chi connectivity index (χ0v) is 9.45.